The van der Waals surface area contributed by atoms with Crippen molar-refractivity contribution < 1.29 is 24.6 Å². The van der Waals surface area contributed by atoms with Crippen molar-refractivity contribution in [1.29, 1.82) is 0 Å². The third-order valence-corrected chi connectivity index (χ3v) is 3.59. The van der Waals surface area contributed by atoms with E-state index in [1.807, 2.05) is 6.92 Å². The van der Waals surface area contributed by atoms with Crippen LogP contribution in [0.5, 0.6) is 0 Å². The number of carboxylic acid groups (broad SMARTS) is 2. The van der Waals surface area contributed by atoms with Gasteiger partial charge in [0.1, 0.15) is 6.04 Å². The second-order valence-electron chi connectivity index (χ2n) is 5.04. The van der Waals surface area contributed by atoms with Crippen LogP contribution in [0.15, 0.2) is 0 Å². The average Bonchev–Trinajstić information content (AvgIpc) is 2.44. The average molecular weight is 301 g/mol. The molecule has 0 aromatic heterocycles. The Morgan fingerprint density at radius 1 is 1.29 bits per heavy atom. The molecular weight excluding hydrogens is 278 g/mol. The Kier molecular flexibility index (Phi) is 6.93. The van der Waals surface area contributed by atoms with Crippen molar-refractivity contribution >= 4 is 18.0 Å². The molecule has 0 aromatic carbocycles. The van der Waals surface area contributed by atoms with Crippen LogP contribution < -0.4 is 10.6 Å². The first-order valence-electron chi connectivity index (χ1n) is 7.18. The quantitative estimate of drug-likeness (QED) is 0.529. The summed E-state index contributed by atoms with van der Waals surface area (Å²) in [4.78, 5) is 35.5. The minimum atomic E-state index is -1.22. The van der Waals surface area contributed by atoms with Crippen LogP contribution in [0.1, 0.15) is 32.6 Å². The first kappa shape index (κ1) is 17.2. The molecule has 1 rings (SSSR count). The summed E-state index contributed by atoms with van der Waals surface area (Å²) in [6.45, 7) is 3.99. The largest absolute Gasteiger partial charge is 0.481 e. The second-order valence-corrected chi connectivity index (χ2v) is 5.04. The van der Waals surface area contributed by atoms with E-state index >= 15 is 0 Å². The molecule has 8 nitrogen and oxygen atoms in total. The summed E-state index contributed by atoms with van der Waals surface area (Å²) >= 11 is 0. The number of nitrogens with one attached hydrogen (secondary N) is 2. The first-order valence-corrected chi connectivity index (χ1v) is 7.18. The fraction of sp³-hybridized carbons (Fsp3) is 0.769. The number of aliphatic carboxylic acids is 2. The van der Waals surface area contributed by atoms with Crippen molar-refractivity contribution in [2.45, 2.75) is 44.7 Å². The van der Waals surface area contributed by atoms with E-state index in [4.69, 9.17) is 10.2 Å². The maximum atomic E-state index is 12.2. The van der Waals surface area contributed by atoms with E-state index in [0.29, 0.717) is 6.54 Å². The van der Waals surface area contributed by atoms with Gasteiger partial charge in [-0.15, -0.1) is 0 Å². The molecule has 1 aliphatic rings. The Balaban J connectivity index is 2.60. The van der Waals surface area contributed by atoms with E-state index in [1.54, 1.807) is 4.90 Å². The molecule has 1 heterocycles. The molecule has 0 saturated carbocycles. The minimum Gasteiger partial charge on any atom is -0.481 e. The highest BCUT2D eigenvalue weighted by Crippen LogP contribution is 2.12. The van der Waals surface area contributed by atoms with Crippen LogP contribution in [0, 0.1) is 0 Å². The number of rotatable bonds is 7. The third kappa shape index (κ3) is 5.58. The summed E-state index contributed by atoms with van der Waals surface area (Å²) in [5, 5.41) is 23.3. The van der Waals surface area contributed by atoms with Crippen LogP contribution >= 0.6 is 0 Å². The van der Waals surface area contributed by atoms with Gasteiger partial charge in [0.25, 0.3) is 0 Å². The van der Waals surface area contributed by atoms with Gasteiger partial charge in [-0.25, -0.2) is 9.59 Å². The van der Waals surface area contributed by atoms with Crippen LogP contribution in [0.4, 0.5) is 4.79 Å². The molecular formula is C13H23N3O5. The van der Waals surface area contributed by atoms with Gasteiger partial charge in [-0.3, -0.25) is 4.79 Å². The predicted octanol–water partition coefficient (Wildman–Crippen LogP) is 0.0879. The number of hydrogen-bond acceptors (Lipinski definition) is 4. The smallest absolute Gasteiger partial charge is 0.326 e. The molecule has 1 atom stereocenters. The standard InChI is InChI=1S/C13H23N3O5/c1-2-16(9-5-7-14-8-6-9)13(21)15-10(12(19)20)3-4-11(17)18/h9-10,14H,2-8H2,1H3,(H,15,21)(H,17,18)(H,19,20)/t10-/m0/s1. The summed E-state index contributed by atoms with van der Waals surface area (Å²) in [7, 11) is 0. The number of hydrogen-bond donors (Lipinski definition) is 4. The van der Waals surface area contributed by atoms with Gasteiger partial charge in [0.05, 0.1) is 0 Å². The van der Waals surface area contributed by atoms with E-state index in [9.17, 15) is 14.4 Å². The number of amides is 2. The molecule has 0 unspecified atom stereocenters. The van der Waals surface area contributed by atoms with Crippen LogP contribution in [-0.4, -0.2) is 64.8 Å². The normalized spacial score (nSPS) is 17.0. The third-order valence-electron chi connectivity index (χ3n) is 3.59. The first-order chi connectivity index (χ1) is 9.95. The molecule has 0 spiro atoms. The van der Waals surface area contributed by atoms with E-state index in [0.717, 1.165) is 25.9 Å². The predicted molar refractivity (Wildman–Crippen MR) is 75.1 cm³/mol. The van der Waals surface area contributed by atoms with Gasteiger partial charge in [-0.1, -0.05) is 0 Å². The van der Waals surface area contributed by atoms with Crippen LogP contribution in [0.3, 0.4) is 0 Å². The molecule has 0 aliphatic carbocycles. The molecule has 21 heavy (non-hydrogen) atoms. The second kappa shape index (κ2) is 8.46. The molecule has 0 bridgehead atoms. The van der Waals surface area contributed by atoms with E-state index in [-0.39, 0.29) is 18.9 Å². The lowest BCUT2D eigenvalue weighted by molar-refractivity contribution is -0.140. The van der Waals surface area contributed by atoms with Gasteiger partial charge in [-0.2, -0.15) is 0 Å². The molecule has 0 radical (unpaired) electrons. The monoisotopic (exact) mass is 301 g/mol. The zero-order valence-electron chi connectivity index (χ0n) is 12.2. The van der Waals surface area contributed by atoms with Crippen LogP contribution in [-0.2, 0) is 9.59 Å². The Morgan fingerprint density at radius 2 is 1.90 bits per heavy atom. The summed E-state index contributed by atoms with van der Waals surface area (Å²) in [6, 6.07) is -1.53. The molecule has 2 amide bonds. The fourth-order valence-electron chi connectivity index (χ4n) is 2.44. The topological polar surface area (TPSA) is 119 Å². The SMILES string of the molecule is CCN(C(=O)N[C@@H](CCC(=O)O)C(=O)O)C1CCNCC1. The Bertz CT molecular complexity index is 382. The highest BCUT2D eigenvalue weighted by atomic mass is 16.4. The van der Waals surface area contributed by atoms with Crippen LogP contribution in [0.25, 0.3) is 0 Å². The van der Waals surface area contributed by atoms with Gasteiger partial charge >= 0.3 is 18.0 Å². The summed E-state index contributed by atoms with van der Waals surface area (Å²) in [5.41, 5.74) is 0. The molecule has 0 aromatic rings. The number of carbonyl (C=O) groups is 3. The van der Waals surface area contributed by atoms with Crippen molar-refractivity contribution in [1.82, 2.24) is 15.5 Å². The maximum Gasteiger partial charge on any atom is 0.326 e. The van der Waals surface area contributed by atoms with Crippen molar-refractivity contribution in [2.75, 3.05) is 19.6 Å². The van der Waals surface area contributed by atoms with Gasteiger partial charge < -0.3 is 25.7 Å². The summed E-state index contributed by atoms with van der Waals surface area (Å²) in [5.74, 6) is -2.30. The number of nitrogens with zero attached hydrogens (tertiary/aromatic N) is 1. The van der Waals surface area contributed by atoms with Gasteiger partial charge in [0.15, 0.2) is 0 Å². The van der Waals surface area contributed by atoms with E-state index < -0.39 is 24.0 Å². The molecule has 1 saturated heterocycles. The Labute approximate surface area is 123 Å². The lowest BCUT2D eigenvalue weighted by Crippen LogP contribution is -2.53. The zero-order chi connectivity index (χ0) is 15.8. The highest BCUT2D eigenvalue weighted by molar-refractivity contribution is 5.83. The van der Waals surface area contributed by atoms with E-state index in [2.05, 4.69) is 10.6 Å². The number of carboxylic acids is 2. The lowest BCUT2D eigenvalue weighted by atomic mass is 10.1. The van der Waals surface area contributed by atoms with Crippen LogP contribution in [0.2, 0.25) is 0 Å². The molecule has 4 N–H and O–H groups in total. The molecule has 1 aliphatic heterocycles. The summed E-state index contributed by atoms with van der Waals surface area (Å²) in [6.07, 6.45) is 1.24. The molecule has 1 fully saturated rings. The van der Waals surface area contributed by atoms with Crippen molar-refractivity contribution in [2.24, 2.45) is 0 Å². The van der Waals surface area contributed by atoms with Crippen molar-refractivity contribution in [3.63, 3.8) is 0 Å². The van der Waals surface area contributed by atoms with Gasteiger partial charge in [0, 0.05) is 19.0 Å². The van der Waals surface area contributed by atoms with Crippen molar-refractivity contribution in [3.05, 3.63) is 0 Å². The number of piperidine rings is 1. The van der Waals surface area contributed by atoms with Gasteiger partial charge in [0.2, 0.25) is 0 Å². The maximum absolute atomic E-state index is 12.2. The van der Waals surface area contributed by atoms with Crippen molar-refractivity contribution in [3.8, 4) is 0 Å². The van der Waals surface area contributed by atoms with E-state index in [1.165, 1.54) is 0 Å². The number of carbonyl (C=O) groups excluding carboxylic acids is 1. The fourth-order valence-corrected chi connectivity index (χ4v) is 2.44. The summed E-state index contributed by atoms with van der Waals surface area (Å²) < 4.78 is 0. The lowest BCUT2D eigenvalue weighted by Gasteiger charge is -2.34. The zero-order valence-corrected chi connectivity index (χ0v) is 12.2. The molecule has 8 heteroatoms. The minimum absolute atomic E-state index is 0.0881. The highest BCUT2D eigenvalue weighted by Gasteiger charge is 2.28. The molecule has 120 valence electrons. The Morgan fingerprint density at radius 3 is 2.38 bits per heavy atom. The Hall–Kier alpha value is -1.83. The number of urea groups is 1. The van der Waals surface area contributed by atoms with Gasteiger partial charge in [-0.05, 0) is 39.3 Å².